The van der Waals surface area contributed by atoms with Crippen LogP contribution in [0.3, 0.4) is 0 Å². The second-order valence-corrected chi connectivity index (χ2v) is 4.55. The van der Waals surface area contributed by atoms with Crippen molar-refractivity contribution >= 4 is 18.0 Å². The van der Waals surface area contributed by atoms with Crippen LogP contribution in [0.25, 0.3) is 6.08 Å². The molecule has 2 aromatic carbocycles. The zero-order chi connectivity index (χ0) is 16.1. The molecular weight excluding hydrogens is 284 g/mol. The molecule has 22 heavy (non-hydrogen) atoms. The van der Waals surface area contributed by atoms with E-state index in [0.29, 0.717) is 5.75 Å². The molecule has 5 nitrogen and oxygen atoms in total. The Kier molecular flexibility index (Phi) is 4.58. The smallest absolute Gasteiger partial charge is 0.336 e. The molecule has 0 saturated carbocycles. The molecular formula is C17H14O5. The van der Waals surface area contributed by atoms with E-state index >= 15 is 0 Å². The van der Waals surface area contributed by atoms with Gasteiger partial charge in [0.2, 0.25) is 0 Å². The lowest BCUT2D eigenvalue weighted by Gasteiger charge is -2.09. The fourth-order valence-electron chi connectivity index (χ4n) is 1.89. The lowest BCUT2D eigenvalue weighted by molar-refractivity contribution is 0.0651. The fraction of sp³-hybridized carbons (Fsp3) is 0.0588. The highest BCUT2D eigenvalue weighted by Gasteiger charge is 2.16. The van der Waals surface area contributed by atoms with Gasteiger partial charge in [0.1, 0.15) is 12.4 Å². The van der Waals surface area contributed by atoms with Gasteiger partial charge in [-0.2, -0.15) is 0 Å². The Morgan fingerprint density at radius 3 is 2.18 bits per heavy atom. The third-order valence-corrected chi connectivity index (χ3v) is 3.07. The Balaban J connectivity index is 2.15. The van der Waals surface area contributed by atoms with Gasteiger partial charge in [0, 0.05) is 0 Å². The van der Waals surface area contributed by atoms with Crippen LogP contribution in [0.15, 0.2) is 49.0 Å². The van der Waals surface area contributed by atoms with Crippen LogP contribution in [0.4, 0.5) is 0 Å². The molecule has 0 amide bonds. The van der Waals surface area contributed by atoms with Gasteiger partial charge in [0.25, 0.3) is 0 Å². The molecule has 2 N–H and O–H groups in total. The summed E-state index contributed by atoms with van der Waals surface area (Å²) < 4.78 is 5.51. The number of hydrogen-bond donors (Lipinski definition) is 2. The molecule has 0 aliphatic carbocycles. The van der Waals surface area contributed by atoms with Gasteiger partial charge in [0.15, 0.2) is 0 Å². The van der Waals surface area contributed by atoms with Crippen LogP contribution in [0.5, 0.6) is 5.75 Å². The van der Waals surface area contributed by atoms with Crippen LogP contribution < -0.4 is 4.74 Å². The Labute approximate surface area is 127 Å². The summed E-state index contributed by atoms with van der Waals surface area (Å²) in [6.07, 6.45) is 1.73. The molecule has 0 aromatic heterocycles. The first-order valence-electron chi connectivity index (χ1n) is 6.46. The highest BCUT2D eigenvalue weighted by molar-refractivity contribution is 6.01. The summed E-state index contributed by atoms with van der Waals surface area (Å²) in [6, 6.07) is 11.4. The van der Waals surface area contributed by atoms with E-state index in [1.807, 2.05) is 24.3 Å². The van der Waals surface area contributed by atoms with E-state index in [1.165, 1.54) is 18.2 Å². The number of hydrogen-bond acceptors (Lipinski definition) is 3. The van der Waals surface area contributed by atoms with Crippen LogP contribution >= 0.6 is 0 Å². The predicted octanol–water partition coefficient (Wildman–Crippen LogP) is 3.31. The van der Waals surface area contributed by atoms with Crippen molar-refractivity contribution in [1.82, 2.24) is 0 Å². The van der Waals surface area contributed by atoms with Crippen molar-refractivity contribution in [2.45, 2.75) is 6.61 Å². The quantitative estimate of drug-likeness (QED) is 0.854. The van der Waals surface area contributed by atoms with E-state index < -0.39 is 11.9 Å². The lowest BCUT2D eigenvalue weighted by atomic mass is 10.1. The number of carboxylic acids is 2. The van der Waals surface area contributed by atoms with Crippen LogP contribution in [-0.2, 0) is 6.61 Å². The second-order valence-electron chi connectivity index (χ2n) is 4.55. The number of rotatable bonds is 6. The van der Waals surface area contributed by atoms with Crippen molar-refractivity contribution in [2.24, 2.45) is 0 Å². The van der Waals surface area contributed by atoms with E-state index in [-0.39, 0.29) is 17.7 Å². The SMILES string of the molecule is C=Cc1ccc(COc2ccc(C(=O)O)c(C(=O)O)c2)cc1. The maximum atomic E-state index is 11.1. The van der Waals surface area contributed by atoms with Crippen LogP contribution in [-0.4, -0.2) is 22.2 Å². The molecule has 0 atom stereocenters. The summed E-state index contributed by atoms with van der Waals surface area (Å²) in [5.41, 5.74) is 1.33. The van der Waals surface area contributed by atoms with Crippen molar-refractivity contribution in [2.75, 3.05) is 0 Å². The minimum Gasteiger partial charge on any atom is -0.489 e. The number of ether oxygens (including phenoxy) is 1. The minimum absolute atomic E-state index is 0.253. The first-order valence-corrected chi connectivity index (χ1v) is 6.46. The van der Waals surface area contributed by atoms with Crippen molar-refractivity contribution < 1.29 is 24.5 Å². The van der Waals surface area contributed by atoms with E-state index in [1.54, 1.807) is 6.08 Å². The summed E-state index contributed by atoms with van der Waals surface area (Å²) >= 11 is 0. The summed E-state index contributed by atoms with van der Waals surface area (Å²) in [5.74, 6) is -2.29. The van der Waals surface area contributed by atoms with Crippen molar-refractivity contribution in [1.29, 1.82) is 0 Å². The molecule has 0 unspecified atom stereocenters. The summed E-state index contributed by atoms with van der Waals surface area (Å²) in [5, 5.41) is 18.0. The average Bonchev–Trinajstić information content (AvgIpc) is 2.53. The Hall–Kier alpha value is -3.08. The first-order chi connectivity index (χ1) is 10.5. The lowest BCUT2D eigenvalue weighted by Crippen LogP contribution is -2.08. The van der Waals surface area contributed by atoms with Crippen LogP contribution in [0, 0.1) is 0 Å². The van der Waals surface area contributed by atoms with Gasteiger partial charge in [-0.15, -0.1) is 0 Å². The molecule has 112 valence electrons. The monoisotopic (exact) mass is 298 g/mol. The van der Waals surface area contributed by atoms with Crippen molar-refractivity contribution in [3.8, 4) is 5.75 Å². The van der Waals surface area contributed by atoms with E-state index in [9.17, 15) is 9.59 Å². The maximum Gasteiger partial charge on any atom is 0.336 e. The average molecular weight is 298 g/mol. The van der Waals surface area contributed by atoms with Gasteiger partial charge in [-0.1, -0.05) is 36.9 Å². The highest BCUT2D eigenvalue weighted by atomic mass is 16.5. The predicted molar refractivity (Wildman–Crippen MR) is 81.2 cm³/mol. The van der Waals surface area contributed by atoms with Gasteiger partial charge < -0.3 is 14.9 Å². The molecule has 0 bridgehead atoms. The zero-order valence-corrected chi connectivity index (χ0v) is 11.7. The summed E-state index contributed by atoms with van der Waals surface area (Å²) in [6.45, 7) is 3.92. The zero-order valence-electron chi connectivity index (χ0n) is 11.7. The van der Waals surface area contributed by atoms with Gasteiger partial charge in [0.05, 0.1) is 11.1 Å². The standard InChI is InChI=1S/C17H14O5/c1-2-11-3-5-12(6-4-11)10-22-13-7-8-14(16(18)19)15(9-13)17(20)21/h2-9H,1,10H2,(H,18,19)(H,20,21). The summed E-state index contributed by atoms with van der Waals surface area (Å²) in [4.78, 5) is 22.1. The molecule has 0 aliphatic rings. The molecule has 0 spiro atoms. The largest absolute Gasteiger partial charge is 0.489 e. The Morgan fingerprint density at radius 1 is 1.00 bits per heavy atom. The third-order valence-electron chi connectivity index (χ3n) is 3.07. The van der Waals surface area contributed by atoms with Gasteiger partial charge in [-0.05, 0) is 29.3 Å². The molecule has 0 fully saturated rings. The number of carbonyl (C=O) groups is 2. The minimum atomic E-state index is -1.31. The molecule has 0 saturated heterocycles. The van der Waals surface area contributed by atoms with Gasteiger partial charge >= 0.3 is 11.9 Å². The molecule has 5 heteroatoms. The molecule has 0 heterocycles. The molecule has 0 radical (unpaired) electrons. The number of benzene rings is 2. The maximum absolute atomic E-state index is 11.1. The summed E-state index contributed by atoms with van der Waals surface area (Å²) in [7, 11) is 0. The normalized spacial score (nSPS) is 10.0. The van der Waals surface area contributed by atoms with Crippen molar-refractivity contribution in [3.63, 3.8) is 0 Å². The number of carboxylic acid groups (broad SMARTS) is 2. The molecule has 0 aliphatic heterocycles. The Morgan fingerprint density at radius 2 is 1.64 bits per heavy atom. The Bertz CT molecular complexity index is 716. The third kappa shape index (κ3) is 3.52. The van der Waals surface area contributed by atoms with Crippen LogP contribution in [0.1, 0.15) is 31.8 Å². The van der Waals surface area contributed by atoms with Crippen molar-refractivity contribution in [3.05, 3.63) is 71.3 Å². The fourth-order valence-corrected chi connectivity index (χ4v) is 1.89. The highest BCUT2D eigenvalue weighted by Crippen LogP contribution is 2.19. The molecule has 2 aromatic rings. The van der Waals surface area contributed by atoms with E-state index in [2.05, 4.69) is 6.58 Å². The first kappa shape index (κ1) is 15.3. The van der Waals surface area contributed by atoms with Crippen LogP contribution in [0.2, 0.25) is 0 Å². The van der Waals surface area contributed by atoms with Gasteiger partial charge in [-0.3, -0.25) is 0 Å². The van der Waals surface area contributed by atoms with E-state index in [4.69, 9.17) is 14.9 Å². The second kappa shape index (κ2) is 6.58. The number of aromatic carboxylic acids is 2. The van der Waals surface area contributed by atoms with Gasteiger partial charge in [-0.25, -0.2) is 9.59 Å². The van der Waals surface area contributed by atoms with E-state index in [0.717, 1.165) is 11.1 Å². The molecule has 2 rings (SSSR count). The topological polar surface area (TPSA) is 83.8 Å².